The molecule has 3 N–H and O–H groups in total. The molecule has 0 aliphatic rings. The molecule has 0 spiro atoms. The Morgan fingerprint density at radius 3 is 2.53 bits per heavy atom. The zero-order valence-electron chi connectivity index (χ0n) is 11.3. The smallest absolute Gasteiger partial charge is 0.123 e. The Labute approximate surface area is 104 Å². The second-order valence-corrected chi connectivity index (χ2v) is 4.57. The highest BCUT2D eigenvalue weighted by Gasteiger charge is 2.15. The van der Waals surface area contributed by atoms with E-state index in [0.717, 1.165) is 12.2 Å². The predicted molar refractivity (Wildman–Crippen MR) is 72.6 cm³/mol. The third kappa shape index (κ3) is 3.45. The number of rotatable bonds is 6. The van der Waals surface area contributed by atoms with Crippen LogP contribution in [0.5, 0.6) is 5.75 Å². The zero-order valence-corrected chi connectivity index (χ0v) is 11.3. The summed E-state index contributed by atoms with van der Waals surface area (Å²) in [5.74, 6) is 1.46. The zero-order chi connectivity index (χ0) is 12.8. The average molecular weight is 236 g/mol. The molecule has 0 saturated carbocycles. The Morgan fingerprint density at radius 1 is 1.35 bits per heavy atom. The molecule has 0 aromatic heterocycles. The maximum absolute atomic E-state index is 5.65. The van der Waals surface area contributed by atoms with E-state index in [2.05, 4.69) is 31.3 Å². The summed E-state index contributed by atoms with van der Waals surface area (Å²) in [6.45, 7) is 5.06. The first-order valence-electron chi connectivity index (χ1n) is 6.19. The van der Waals surface area contributed by atoms with Crippen molar-refractivity contribution in [1.82, 2.24) is 5.32 Å². The molecule has 0 heterocycles. The highest BCUT2D eigenvalue weighted by molar-refractivity contribution is 5.40. The van der Waals surface area contributed by atoms with E-state index in [0.29, 0.717) is 12.5 Å². The second kappa shape index (κ2) is 6.62. The molecular formula is C14H24N2O. The molecule has 96 valence electrons. The molecule has 0 aliphatic carbocycles. The summed E-state index contributed by atoms with van der Waals surface area (Å²) in [5, 5.41) is 3.30. The lowest BCUT2D eigenvalue weighted by Crippen LogP contribution is -2.20. The number of ether oxygens (including phenoxy) is 1. The fourth-order valence-corrected chi connectivity index (χ4v) is 2.01. The highest BCUT2D eigenvalue weighted by Crippen LogP contribution is 2.30. The van der Waals surface area contributed by atoms with Gasteiger partial charge in [0.05, 0.1) is 7.11 Å². The van der Waals surface area contributed by atoms with E-state index in [1.165, 1.54) is 11.1 Å². The second-order valence-electron chi connectivity index (χ2n) is 4.57. The van der Waals surface area contributed by atoms with Crippen LogP contribution in [-0.4, -0.2) is 20.7 Å². The van der Waals surface area contributed by atoms with Crippen LogP contribution in [0.25, 0.3) is 0 Å². The topological polar surface area (TPSA) is 47.3 Å². The third-order valence-electron chi connectivity index (χ3n) is 3.10. The van der Waals surface area contributed by atoms with Gasteiger partial charge in [-0.3, -0.25) is 0 Å². The van der Waals surface area contributed by atoms with Gasteiger partial charge in [-0.2, -0.15) is 0 Å². The lowest BCUT2D eigenvalue weighted by atomic mass is 9.95. The monoisotopic (exact) mass is 236 g/mol. The normalized spacial score (nSPS) is 12.8. The van der Waals surface area contributed by atoms with Gasteiger partial charge >= 0.3 is 0 Å². The van der Waals surface area contributed by atoms with Crippen LogP contribution in [0.1, 0.15) is 43.4 Å². The number of hydrogen-bond acceptors (Lipinski definition) is 3. The summed E-state index contributed by atoms with van der Waals surface area (Å²) in [4.78, 5) is 0. The van der Waals surface area contributed by atoms with Crippen molar-refractivity contribution in [2.45, 2.75) is 32.2 Å². The lowest BCUT2D eigenvalue weighted by Gasteiger charge is -2.20. The first-order chi connectivity index (χ1) is 8.13. The van der Waals surface area contributed by atoms with Crippen molar-refractivity contribution in [1.29, 1.82) is 0 Å². The van der Waals surface area contributed by atoms with Crippen molar-refractivity contribution in [2.75, 3.05) is 20.7 Å². The van der Waals surface area contributed by atoms with Crippen LogP contribution >= 0.6 is 0 Å². The average Bonchev–Trinajstić information content (AvgIpc) is 2.35. The van der Waals surface area contributed by atoms with E-state index in [9.17, 15) is 0 Å². The van der Waals surface area contributed by atoms with Crippen molar-refractivity contribution in [3.05, 3.63) is 29.3 Å². The van der Waals surface area contributed by atoms with Gasteiger partial charge in [-0.15, -0.1) is 0 Å². The quantitative estimate of drug-likeness (QED) is 0.797. The van der Waals surface area contributed by atoms with Gasteiger partial charge in [-0.05, 0) is 37.6 Å². The first-order valence-corrected chi connectivity index (χ1v) is 6.19. The van der Waals surface area contributed by atoms with Crippen LogP contribution in [0, 0.1) is 0 Å². The van der Waals surface area contributed by atoms with Gasteiger partial charge < -0.3 is 15.8 Å². The molecule has 17 heavy (non-hydrogen) atoms. The summed E-state index contributed by atoms with van der Waals surface area (Å²) in [5.41, 5.74) is 8.18. The maximum atomic E-state index is 5.65. The Kier molecular flexibility index (Phi) is 5.45. The molecule has 0 bridgehead atoms. The van der Waals surface area contributed by atoms with Crippen LogP contribution in [0.4, 0.5) is 0 Å². The maximum Gasteiger partial charge on any atom is 0.123 e. The Morgan fingerprint density at radius 2 is 2.06 bits per heavy atom. The van der Waals surface area contributed by atoms with Gasteiger partial charge in [0, 0.05) is 11.6 Å². The SMILES string of the molecule is CNC(CCN)c1cc(C(C)C)ccc1OC. The van der Waals surface area contributed by atoms with E-state index in [1.807, 2.05) is 13.1 Å². The van der Waals surface area contributed by atoms with Gasteiger partial charge in [-0.1, -0.05) is 26.0 Å². The molecule has 0 fully saturated rings. The number of nitrogens with two attached hydrogens (primary N) is 1. The number of nitrogens with one attached hydrogen (secondary N) is 1. The van der Waals surface area contributed by atoms with Crippen LogP contribution in [0.2, 0.25) is 0 Å². The van der Waals surface area contributed by atoms with Crippen LogP contribution < -0.4 is 15.8 Å². The minimum Gasteiger partial charge on any atom is -0.496 e. The standard InChI is InChI=1S/C14H24N2O/c1-10(2)11-5-6-14(17-4)12(9-11)13(16-3)7-8-15/h5-6,9-10,13,16H,7-8,15H2,1-4H3. The van der Waals surface area contributed by atoms with Crippen molar-refractivity contribution in [2.24, 2.45) is 5.73 Å². The fraction of sp³-hybridized carbons (Fsp3) is 0.571. The molecule has 1 atom stereocenters. The Hall–Kier alpha value is -1.06. The van der Waals surface area contributed by atoms with E-state index in [1.54, 1.807) is 7.11 Å². The van der Waals surface area contributed by atoms with Gasteiger partial charge in [-0.25, -0.2) is 0 Å². The molecule has 3 nitrogen and oxygen atoms in total. The van der Waals surface area contributed by atoms with Crippen LogP contribution in [-0.2, 0) is 0 Å². The van der Waals surface area contributed by atoms with Gasteiger partial charge in [0.15, 0.2) is 0 Å². The summed E-state index contributed by atoms with van der Waals surface area (Å²) < 4.78 is 5.43. The Bertz CT molecular complexity index is 350. The lowest BCUT2D eigenvalue weighted by molar-refractivity contribution is 0.399. The molecular weight excluding hydrogens is 212 g/mol. The van der Waals surface area contributed by atoms with E-state index in [4.69, 9.17) is 10.5 Å². The van der Waals surface area contributed by atoms with Crippen LogP contribution in [0.3, 0.4) is 0 Å². The molecule has 0 radical (unpaired) electrons. The van der Waals surface area contributed by atoms with Crippen molar-refractivity contribution >= 4 is 0 Å². The van der Waals surface area contributed by atoms with Crippen LogP contribution in [0.15, 0.2) is 18.2 Å². The fourth-order valence-electron chi connectivity index (χ4n) is 2.01. The molecule has 1 rings (SSSR count). The molecule has 1 aromatic rings. The first kappa shape index (κ1) is 14.0. The summed E-state index contributed by atoms with van der Waals surface area (Å²) in [6, 6.07) is 6.65. The minimum atomic E-state index is 0.258. The highest BCUT2D eigenvalue weighted by atomic mass is 16.5. The molecule has 1 unspecified atom stereocenters. The third-order valence-corrected chi connectivity index (χ3v) is 3.10. The summed E-state index contributed by atoms with van der Waals surface area (Å²) >= 11 is 0. The Balaban J connectivity index is 3.11. The number of hydrogen-bond donors (Lipinski definition) is 2. The minimum absolute atomic E-state index is 0.258. The summed E-state index contributed by atoms with van der Waals surface area (Å²) in [6.07, 6.45) is 0.911. The van der Waals surface area contributed by atoms with Gasteiger partial charge in [0.25, 0.3) is 0 Å². The number of benzene rings is 1. The van der Waals surface area contributed by atoms with E-state index < -0.39 is 0 Å². The van der Waals surface area contributed by atoms with E-state index >= 15 is 0 Å². The molecule has 0 aliphatic heterocycles. The van der Waals surface area contributed by atoms with Gasteiger partial charge in [0.1, 0.15) is 5.75 Å². The van der Waals surface area contributed by atoms with Crippen molar-refractivity contribution in [3.63, 3.8) is 0 Å². The largest absolute Gasteiger partial charge is 0.496 e. The molecule has 0 amide bonds. The van der Waals surface area contributed by atoms with Crippen molar-refractivity contribution < 1.29 is 4.74 Å². The van der Waals surface area contributed by atoms with E-state index in [-0.39, 0.29) is 6.04 Å². The predicted octanol–water partition coefficient (Wildman–Crippen LogP) is 2.43. The molecule has 3 heteroatoms. The van der Waals surface area contributed by atoms with Gasteiger partial charge in [0.2, 0.25) is 0 Å². The number of methoxy groups -OCH3 is 1. The summed E-state index contributed by atoms with van der Waals surface area (Å²) in [7, 11) is 3.67. The van der Waals surface area contributed by atoms with Crippen molar-refractivity contribution in [3.8, 4) is 5.75 Å². The molecule has 1 aromatic carbocycles. The molecule has 0 saturated heterocycles.